The molecular formula is C14H25N5. The Morgan fingerprint density at radius 1 is 1.47 bits per heavy atom. The van der Waals surface area contributed by atoms with Gasteiger partial charge in [0.25, 0.3) is 0 Å². The van der Waals surface area contributed by atoms with E-state index in [1.165, 1.54) is 19.4 Å². The molecule has 1 saturated heterocycles. The van der Waals surface area contributed by atoms with Crippen LogP contribution >= 0.6 is 0 Å². The Kier molecular flexibility index (Phi) is 4.58. The zero-order valence-corrected chi connectivity index (χ0v) is 12.5. The zero-order valence-electron chi connectivity index (χ0n) is 12.5. The summed E-state index contributed by atoms with van der Waals surface area (Å²) < 4.78 is 0. The van der Waals surface area contributed by atoms with E-state index in [1.54, 1.807) is 0 Å². The number of hydrogen-bond donors (Lipinski definition) is 1. The summed E-state index contributed by atoms with van der Waals surface area (Å²) in [5, 5.41) is 3.19. The van der Waals surface area contributed by atoms with Crippen molar-refractivity contribution in [3.05, 3.63) is 11.8 Å². The maximum Gasteiger partial charge on any atom is 0.224 e. The molecule has 1 N–H and O–H groups in total. The van der Waals surface area contributed by atoms with E-state index in [2.05, 4.69) is 52.2 Å². The Balaban J connectivity index is 2.07. The molecule has 0 aromatic carbocycles. The smallest absolute Gasteiger partial charge is 0.224 e. The highest BCUT2D eigenvalue weighted by Gasteiger charge is 2.22. The topological polar surface area (TPSA) is 44.3 Å². The first-order chi connectivity index (χ1) is 9.10. The van der Waals surface area contributed by atoms with Crippen LogP contribution in [0, 0.1) is 6.92 Å². The number of likely N-dealkylation sites (tertiary alicyclic amines) is 1. The molecule has 1 aliphatic heterocycles. The number of likely N-dealkylation sites (N-methyl/N-ethyl adjacent to an activating group) is 2. The molecule has 5 nitrogen and oxygen atoms in total. The van der Waals surface area contributed by atoms with E-state index < -0.39 is 0 Å². The molecule has 1 aliphatic rings. The number of nitrogens with zero attached hydrogens (tertiary/aromatic N) is 4. The van der Waals surface area contributed by atoms with Crippen LogP contribution in [0.15, 0.2) is 6.07 Å². The van der Waals surface area contributed by atoms with E-state index >= 15 is 0 Å². The van der Waals surface area contributed by atoms with Crippen LogP contribution in [0.3, 0.4) is 0 Å². The fourth-order valence-corrected chi connectivity index (χ4v) is 2.60. The van der Waals surface area contributed by atoms with Gasteiger partial charge in [0.05, 0.1) is 0 Å². The Morgan fingerprint density at radius 3 is 2.89 bits per heavy atom. The molecule has 5 heteroatoms. The van der Waals surface area contributed by atoms with Crippen LogP contribution in [-0.4, -0.2) is 54.6 Å². The minimum absolute atomic E-state index is 0.642. The van der Waals surface area contributed by atoms with Crippen LogP contribution in [-0.2, 0) is 0 Å². The third kappa shape index (κ3) is 3.56. The van der Waals surface area contributed by atoms with Gasteiger partial charge >= 0.3 is 0 Å². The highest BCUT2D eigenvalue weighted by molar-refractivity contribution is 5.44. The van der Waals surface area contributed by atoms with Crippen LogP contribution in [0.25, 0.3) is 0 Å². The fourth-order valence-electron chi connectivity index (χ4n) is 2.60. The molecule has 0 radical (unpaired) electrons. The van der Waals surface area contributed by atoms with Gasteiger partial charge in [-0.05, 0) is 40.3 Å². The van der Waals surface area contributed by atoms with Crippen molar-refractivity contribution in [2.45, 2.75) is 32.7 Å². The second kappa shape index (κ2) is 6.19. The number of hydrogen-bond acceptors (Lipinski definition) is 5. The van der Waals surface area contributed by atoms with Gasteiger partial charge in [-0.15, -0.1) is 0 Å². The van der Waals surface area contributed by atoms with Crippen molar-refractivity contribution in [2.75, 3.05) is 43.9 Å². The van der Waals surface area contributed by atoms with Crippen LogP contribution in [0.1, 0.15) is 25.5 Å². The monoisotopic (exact) mass is 263 g/mol. The average Bonchev–Trinajstić information content (AvgIpc) is 2.75. The summed E-state index contributed by atoms with van der Waals surface area (Å²) in [6.07, 6.45) is 2.59. The van der Waals surface area contributed by atoms with Crippen molar-refractivity contribution in [1.82, 2.24) is 14.9 Å². The summed E-state index contributed by atoms with van der Waals surface area (Å²) >= 11 is 0. The largest absolute Gasteiger partial charge is 0.358 e. The summed E-state index contributed by atoms with van der Waals surface area (Å²) in [6, 6.07) is 2.69. The number of aromatic nitrogens is 2. The molecular weight excluding hydrogens is 238 g/mol. The maximum atomic E-state index is 4.58. The first kappa shape index (κ1) is 14.1. The molecule has 0 bridgehead atoms. The molecule has 1 aromatic rings. The molecule has 1 fully saturated rings. The molecule has 106 valence electrons. The predicted molar refractivity (Wildman–Crippen MR) is 79.9 cm³/mol. The van der Waals surface area contributed by atoms with Crippen molar-refractivity contribution >= 4 is 11.8 Å². The minimum atomic E-state index is 0.642. The van der Waals surface area contributed by atoms with Crippen molar-refractivity contribution < 1.29 is 0 Å². The Bertz CT molecular complexity index is 420. The quantitative estimate of drug-likeness (QED) is 0.877. The molecule has 0 spiro atoms. The lowest BCUT2D eigenvalue weighted by Crippen LogP contribution is -2.37. The van der Waals surface area contributed by atoms with E-state index in [0.29, 0.717) is 6.04 Å². The van der Waals surface area contributed by atoms with E-state index in [-0.39, 0.29) is 0 Å². The Morgan fingerprint density at radius 2 is 2.26 bits per heavy atom. The van der Waals surface area contributed by atoms with Crippen molar-refractivity contribution in [3.8, 4) is 0 Å². The lowest BCUT2D eigenvalue weighted by Gasteiger charge is -2.26. The van der Waals surface area contributed by atoms with Gasteiger partial charge in [0.2, 0.25) is 5.95 Å². The molecule has 1 aromatic heterocycles. The second-order valence-corrected chi connectivity index (χ2v) is 5.38. The minimum Gasteiger partial charge on any atom is -0.358 e. The van der Waals surface area contributed by atoms with Gasteiger partial charge in [-0.2, -0.15) is 4.98 Å². The summed E-state index contributed by atoms with van der Waals surface area (Å²) in [5.74, 6) is 1.73. The molecule has 1 unspecified atom stereocenters. The number of aryl methyl sites for hydroxylation is 1. The lowest BCUT2D eigenvalue weighted by molar-refractivity contribution is 0.314. The molecule has 0 saturated carbocycles. The van der Waals surface area contributed by atoms with Gasteiger partial charge in [0.15, 0.2) is 0 Å². The molecule has 0 aliphatic carbocycles. The summed E-state index contributed by atoms with van der Waals surface area (Å²) in [7, 11) is 4.32. The normalized spacial score (nSPS) is 19.7. The number of rotatable bonds is 5. The fraction of sp³-hybridized carbons (Fsp3) is 0.714. The van der Waals surface area contributed by atoms with Crippen molar-refractivity contribution in [2.24, 2.45) is 0 Å². The van der Waals surface area contributed by atoms with E-state index in [9.17, 15) is 0 Å². The third-order valence-corrected chi connectivity index (χ3v) is 3.72. The highest BCUT2D eigenvalue weighted by Crippen LogP contribution is 2.19. The first-order valence-corrected chi connectivity index (χ1v) is 7.11. The van der Waals surface area contributed by atoms with Gasteiger partial charge in [0.1, 0.15) is 5.82 Å². The average molecular weight is 263 g/mol. The SMILES string of the molecule is CCNc1nc(C)cc(N(C)CC2CCCN2C)n1. The molecule has 2 rings (SSSR count). The predicted octanol–water partition coefficient (Wildman–Crippen LogP) is 1.75. The standard InChI is InChI=1S/C14H25N5/c1-5-15-14-16-11(2)9-13(17-14)19(4)10-12-7-6-8-18(12)3/h9,12H,5-8,10H2,1-4H3,(H,15,16,17). The molecule has 2 heterocycles. The molecule has 1 atom stereocenters. The van der Waals surface area contributed by atoms with Gasteiger partial charge < -0.3 is 15.1 Å². The second-order valence-electron chi connectivity index (χ2n) is 5.38. The Labute approximate surface area is 116 Å². The highest BCUT2D eigenvalue weighted by atomic mass is 15.3. The first-order valence-electron chi connectivity index (χ1n) is 7.11. The van der Waals surface area contributed by atoms with Crippen LogP contribution in [0.4, 0.5) is 11.8 Å². The van der Waals surface area contributed by atoms with Crippen LogP contribution < -0.4 is 10.2 Å². The van der Waals surface area contributed by atoms with E-state index in [4.69, 9.17) is 0 Å². The van der Waals surface area contributed by atoms with Gasteiger partial charge in [-0.1, -0.05) is 0 Å². The van der Waals surface area contributed by atoms with E-state index in [0.717, 1.165) is 30.5 Å². The molecule has 0 amide bonds. The van der Waals surface area contributed by atoms with Gasteiger partial charge in [0, 0.05) is 37.9 Å². The number of nitrogens with one attached hydrogen (secondary N) is 1. The van der Waals surface area contributed by atoms with Crippen LogP contribution in [0.5, 0.6) is 0 Å². The summed E-state index contributed by atoms with van der Waals surface area (Å²) in [4.78, 5) is 13.6. The lowest BCUT2D eigenvalue weighted by atomic mass is 10.2. The van der Waals surface area contributed by atoms with Crippen molar-refractivity contribution in [1.29, 1.82) is 0 Å². The molecule has 19 heavy (non-hydrogen) atoms. The zero-order chi connectivity index (χ0) is 13.8. The van der Waals surface area contributed by atoms with Gasteiger partial charge in [-0.25, -0.2) is 4.98 Å². The summed E-state index contributed by atoms with van der Waals surface area (Å²) in [6.45, 7) is 7.16. The van der Waals surface area contributed by atoms with Crippen LogP contribution in [0.2, 0.25) is 0 Å². The Hall–Kier alpha value is -1.36. The van der Waals surface area contributed by atoms with Crippen molar-refractivity contribution in [3.63, 3.8) is 0 Å². The number of anilines is 2. The summed E-state index contributed by atoms with van der Waals surface area (Å²) in [5.41, 5.74) is 1.01. The maximum absolute atomic E-state index is 4.58. The van der Waals surface area contributed by atoms with Gasteiger partial charge in [-0.3, -0.25) is 0 Å². The van der Waals surface area contributed by atoms with E-state index in [1.807, 2.05) is 6.92 Å². The third-order valence-electron chi connectivity index (χ3n) is 3.72.